The van der Waals surface area contributed by atoms with E-state index in [0.717, 1.165) is 29.7 Å². The molecule has 0 fully saturated rings. The minimum atomic E-state index is 0.108. The van der Waals surface area contributed by atoms with Gasteiger partial charge >= 0.3 is 0 Å². The number of ketones is 1. The van der Waals surface area contributed by atoms with Crippen molar-refractivity contribution < 1.29 is 4.79 Å². The molecule has 1 aliphatic rings. The molecule has 0 heterocycles. The number of carbonyl (C=O) groups excluding carboxylic acids is 1. The van der Waals surface area contributed by atoms with Gasteiger partial charge in [0.2, 0.25) is 0 Å². The van der Waals surface area contributed by atoms with Gasteiger partial charge in [0, 0.05) is 11.3 Å². The van der Waals surface area contributed by atoms with Gasteiger partial charge in [-0.3, -0.25) is 4.79 Å². The van der Waals surface area contributed by atoms with Gasteiger partial charge in [0.25, 0.3) is 0 Å². The number of allylic oxidation sites excluding steroid dienone is 3. The van der Waals surface area contributed by atoms with Crippen molar-refractivity contribution in [3.8, 4) is 0 Å². The van der Waals surface area contributed by atoms with E-state index in [1.165, 1.54) is 0 Å². The van der Waals surface area contributed by atoms with Crippen LogP contribution in [0.25, 0.3) is 0 Å². The maximum Gasteiger partial charge on any atom is 0.157 e. The van der Waals surface area contributed by atoms with Crippen LogP contribution in [-0.2, 0) is 4.79 Å². The molecule has 1 aliphatic carbocycles. The zero-order valence-corrected chi connectivity index (χ0v) is 7.68. The Kier molecular flexibility index (Phi) is 2.36. The third-order valence-electron chi connectivity index (χ3n) is 2.43. The van der Waals surface area contributed by atoms with Gasteiger partial charge in [0.15, 0.2) is 5.78 Å². The first-order valence-corrected chi connectivity index (χ1v) is 4.16. The molecule has 0 aliphatic heterocycles. The summed E-state index contributed by atoms with van der Waals surface area (Å²) in [4.78, 5) is 11.1. The molecule has 0 aromatic heterocycles. The second-order valence-electron chi connectivity index (χ2n) is 3.51. The highest BCUT2D eigenvalue weighted by Crippen LogP contribution is 2.33. The van der Waals surface area contributed by atoms with Crippen molar-refractivity contribution >= 4 is 5.78 Å². The Morgan fingerprint density at radius 3 is 2.33 bits per heavy atom. The average Bonchev–Trinajstić information content (AvgIpc) is 2.30. The van der Waals surface area contributed by atoms with Crippen molar-refractivity contribution in [2.45, 2.75) is 26.7 Å². The molecular weight excluding hydrogens is 150 g/mol. The maximum absolute atomic E-state index is 11.1. The van der Waals surface area contributed by atoms with Gasteiger partial charge in [0.1, 0.15) is 0 Å². The Labute approximate surface area is 73.1 Å². The molecule has 0 aromatic carbocycles. The molecule has 2 heteroatoms. The lowest BCUT2D eigenvalue weighted by molar-refractivity contribution is -0.113. The van der Waals surface area contributed by atoms with Gasteiger partial charge in [0.05, 0.1) is 0 Å². The number of hydrogen-bond donors (Lipinski definition) is 1. The highest BCUT2D eigenvalue weighted by Gasteiger charge is 2.24. The van der Waals surface area contributed by atoms with E-state index in [-0.39, 0.29) is 5.78 Å². The number of hydrogen-bond acceptors (Lipinski definition) is 2. The molecule has 2 nitrogen and oxygen atoms in total. The molecule has 66 valence electrons. The summed E-state index contributed by atoms with van der Waals surface area (Å²) in [6.45, 7) is 7.43. The summed E-state index contributed by atoms with van der Waals surface area (Å²) in [5, 5.41) is 0. The van der Waals surface area contributed by atoms with Crippen LogP contribution in [0.5, 0.6) is 0 Å². The second-order valence-corrected chi connectivity index (χ2v) is 3.51. The van der Waals surface area contributed by atoms with Crippen LogP contribution in [0.1, 0.15) is 26.7 Å². The van der Waals surface area contributed by atoms with Crippen molar-refractivity contribution in [1.29, 1.82) is 0 Å². The smallest absolute Gasteiger partial charge is 0.157 e. The van der Waals surface area contributed by atoms with Crippen LogP contribution in [0, 0.1) is 5.92 Å². The van der Waals surface area contributed by atoms with Crippen molar-refractivity contribution in [1.82, 2.24) is 0 Å². The number of Topliss-reactive ketones (excluding diaryl/α,β-unsaturated/α-hetero) is 1. The molecular formula is C10H15NO. The molecule has 1 unspecified atom stereocenters. The summed E-state index contributed by atoms with van der Waals surface area (Å²) < 4.78 is 0. The first-order valence-electron chi connectivity index (χ1n) is 4.16. The van der Waals surface area contributed by atoms with E-state index in [2.05, 4.69) is 6.58 Å². The van der Waals surface area contributed by atoms with Crippen LogP contribution in [-0.4, -0.2) is 5.78 Å². The van der Waals surface area contributed by atoms with E-state index >= 15 is 0 Å². The van der Waals surface area contributed by atoms with Crippen LogP contribution < -0.4 is 5.73 Å². The van der Waals surface area contributed by atoms with Gasteiger partial charge in [-0.1, -0.05) is 12.2 Å². The molecule has 0 aromatic rings. The predicted octanol–water partition coefficient (Wildman–Crippen LogP) is 1.77. The maximum atomic E-state index is 11.1. The van der Waals surface area contributed by atoms with Gasteiger partial charge in [-0.2, -0.15) is 0 Å². The van der Waals surface area contributed by atoms with Gasteiger partial charge < -0.3 is 5.73 Å². The standard InChI is InChI=1S/C10H15NO/c1-6(2)8-4-9(7(3)12)10(11)5-8/h8H,1,4-5,11H2,2-3H3. The molecule has 12 heavy (non-hydrogen) atoms. The van der Waals surface area contributed by atoms with Crippen LogP contribution in [0.2, 0.25) is 0 Å². The average molecular weight is 165 g/mol. The lowest BCUT2D eigenvalue weighted by atomic mass is 9.97. The Morgan fingerprint density at radius 2 is 2.08 bits per heavy atom. The van der Waals surface area contributed by atoms with E-state index in [1.807, 2.05) is 6.92 Å². The number of rotatable bonds is 2. The summed E-state index contributed by atoms with van der Waals surface area (Å²) >= 11 is 0. The Bertz CT molecular complexity index is 263. The van der Waals surface area contributed by atoms with Crippen molar-refractivity contribution in [3.63, 3.8) is 0 Å². The number of nitrogens with two attached hydrogens (primary N) is 1. The van der Waals surface area contributed by atoms with E-state index < -0.39 is 0 Å². The summed E-state index contributed by atoms with van der Waals surface area (Å²) in [6, 6.07) is 0. The van der Waals surface area contributed by atoms with Gasteiger partial charge in [-0.15, -0.1) is 0 Å². The van der Waals surface area contributed by atoms with E-state index in [0.29, 0.717) is 5.92 Å². The molecule has 0 saturated carbocycles. The molecule has 2 N–H and O–H groups in total. The van der Waals surface area contributed by atoms with E-state index in [4.69, 9.17) is 5.73 Å². The summed E-state index contributed by atoms with van der Waals surface area (Å²) in [7, 11) is 0. The largest absolute Gasteiger partial charge is 0.402 e. The molecule has 0 spiro atoms. The van der Waals surface area contributed by atoms with Gasteiger partial charge in [-0.05, 0) is 32.6 Å². The zero-order valence-electron chi connectivity index (χ0n) is 7.68. The summed E-state index contributed by atoms with van der Waals surface area (Å²) in [5.74, 6) is 0.500. The van der Waals surface area contributed by atoms with Crippen LogP contribution in [0.3, 0.4) is 0 Å². The molecule has 0 bridgehead atoms. The molecule has 0 amide bonds. The lowest BCUT2D eigenvalue weighted by Crippen LogP contribution is -2.01. The van der Waals surface area contributed by atoms with Crippen LogP contribution in [0.15, 0.2) is 23.4 Å². The first kappa shape index (κ1) is 9.04. The minimum Gasteiger partial charge on any atom is -0.402 e. The fourth-order valence-electron chi connectivity index (χ4n) is 1.56. The highest BCUT2D eigenvalue weighted by atomic mass is 16.1. The Morgan fingerprint density at radius 1 is 1.50 bits per heavy atom. The third kappa shape index (κ3) is 1.58. The van der Waals surface area contributed by atoms with Crippen molar-refractivity contribution in [2.24, 2.45) is 11.7 Å². The van der Waals surface area contributed by atoms with Crippen LogP contribution in [0.4, 0.5) is 0 Å². The molecule has 1 rings (SSSR count). The van der Waals surface area contributed by atoms with Gasteiger partial charge in [-0.25, -0.2) is 0 Å². The normalized spacial score (nSPS) is 23.0. The zero-order chi connectivity index (χ0) is 9.30. The molecule has 0 radical (unpaired) electrons. The molecule has 0 saturated heterocycles. The Hall–Kier alpha value is -1.05. The molecule has 1 atom stereocenters. The van der Waals surface area contributed by atoms with Crippen molar-refractivity contribution in [2.75, 3.05) is 0 Å². The third-order valence-corrected chi connectivity index (χ3v) is 2.43. The topological polar surface area (TPSA) is 43.1 Å². The Balaban J connectivity index is 2.74. The summed E-state index contributed by atoms with van der Waals surface area (Å²) in [6.07, 6.45) is 1.60. The minimum absolute atomic E-state index is 0.108. The van der Waals surface area contributed by atoms with Crippen molar-refractivity contribution in [3.05, 3.63) is 23.4 Å². The first-order chi connectivity index (χ1) is 5.52. The highest BCUT2D eigenvalue weighted by molar-refractivity contribution is 5.94. The summed E-state index contributed by atoms with van der Waals surface area (Å²) in [5.41, 5.74) is 8.41. The fraction of sp³-hybridized carbons (Fsp3) is 0.500. The quantitative estimate of drug-likeness (QED) is 0.634. The fourth-order valence-corrected chi connectivity index (χ4v) is 1.56. The van der Waals surface area contributed by atoms with E-state index in [9.17, 15) is 4.79 Å². The number of carbonyl (C=O) groups is 1. The monoisotopic (exact) mass is 165 g/mol. The van der Waals surface area contributed by atoms with E-state index in [1.54, 1.807) is 6.92 Å². The lowest BCUT2D eigenvalue weighted by Gasteiger charge is -2.07. The SMILES string of the molecule is C=C(C)C1CC(N)=C(C(C)=O)C1. The second kappa shape index (κ2) is 3.13. The predicted molar refractivity (Wildman–Crippen MR) is 49.4 cm³/mol. The van der Waals surface area contributed by atoms with Crippen LogP contribution >= 0.6 is 0 Å².